The first kappa shape index (κ1) is 14.2. The molecule has 0 spiro atoms. The highest BCUT2D eigenvalue weighted by atomic mass is 35.5. The average molecular weight is 298 g/mol. The van der Waals surface area contributed by atoms with Crippen LogP contribution in [-0.4, -0.2) is 14.8 Å². The zero-order valence-electron chi connectivity index (χ0n) is 10.9. The molecule has 1 aromatic carbocycles. The topological polar surface area (TPSA) is 50.7 Å². The molecule has 0 aliphatic carbocycles. The van der Waals surface area contributed by atoms with Crippen LogP contribution in [0.15, 0.2) is 34.2 Å². The summed E-state index contributed by atoms with van der Waals surface area (Å²) in [4.78, 5) is 11.6. The van der Waals surface area contributed by atoms with E-state index in [2.05, 4.69) is 17.1 Å². The van der Waals surface area contributed by atoms with Crippen LogP contribution in [0.25, 0.3) is 0 Å². The molecule has 1 atom stereocenters. The molecular formula is C13H16ClN3OS. The van der Waals surface area contributed by atoms with Gasteiger partial charge in [0.2, 0.25) is 0 Å². The minimum Gasteiger partial charge on any atom is -0.270 e. The molecule has 0 bridgehead atoms. The third-order valence-electron chi connectivity index (χ3n) is 2.80. The number of rotatable bonds is 5. The Labute approximate surface area is 121 Å². The van der Waals surface area contributed by atoms with Crippen molar-refractivity contribution in [1.82, 2.24) is 14.8 Å². The lowest BCUT2D eigenvalue weighted by Crippen LogP contribution is -2.17. The van der Waals surface area contributed by atoms with E-state index in [0.717, 1.165) is 17.0 Å². The lowest BCUT2D eigenvalue weighted by Gasteiger charge is -2.12. The predicted octanol–water partition coefficient (Wildman–Crippen LogP) is 3.49. The number of thioether (sulfide) groups is 1. The van der Waals surface area contributed by atoms with E-state index in [9.17, 15) is 4.79 Å². The fourth-order valence-electron chi connectivity index (χ4n) is 1.84. The average Bonchev–Trinajstić information content (AvgIpc) is 2.72. The zero-order chi connectivity index (χ0) is 13.8. The van der Waals surface area contributed by atoms with E-state index >= 15 is 0 Å². The molecule has 0 aliphatic heterocycles. The Morgan fingerprint density at radius 3 is 2.89 bits per heavy atom. The molecular weight excluding hydrogens is 282 g/mol. The SMILES string of the molecule is CCCn1c(S[C@@H](C)c2ccccc2Cl)n[nH]c1=O. The van der Waals surface area contributed by atoms with Crippen molar-refractivity contribution >= 4 is 23.4 Å². The Kier molecular flexibility index (Phi) is 4.71. The molecule has 0 saturated heterocycles. The second kappa shape index (κ2) is 6.30. The predicted molar refractivity (Wildman–Crippen MR) is 78.9 cm³/mol. The first-order valence-corrected chi connectivity index (χ1v) is 7.45. The molecule has 2 rings (SSSR count). The molecule has 102 valence electrons. The molecule has 1 aromatic heterocycles. The minimum absolute atomic E-state index is 0.138. The van der Waals surface area contributed by atoms with Crippen LogP contribution in [0.4, 0.5) is 0 Å². The van der Waals surface area contributed by atoms with Gasteiger partial charge in [0.15, 0.2) is 5.16 Å². The molecule has 0 amide bonds. The molecule has 0 saturated carbocycles. The van der Waals surface area contributed by atoms with Crippen molar-refractivity contribution in [3.8, 4) is 0 Å². The monoisotopic (exact) mass is 297 g/mol. The second-order valence-corrected chi connectivity index (χ2v) is 5.96. The maximum Gasteiger partial charge on any atom is 0.343 e. The highest BCUT2D eigenvalue weighted by molar-refractivity contribution is 7.99. The van der Waals surface area contributed by atoms with Gasteiger partial charge in [0.25, 0.3) is 0 Å². The van der Waals surface area contributed by atoms with E-state index in [1.807, 2.05) is 31.2 Å². The number of hydrogen-bond acceptors (Lipinski definition) is 3. The quantitative estimate of drug-likeness (QED) is 0.860. The van der Waals surface area contributed by atoms with Gasteiger partial charge in [-0.15, -0.1) is 5.10 Å². The summed E-state index contributed by atoms with van der Waals surface area (Å²) in [5, 5.41) is 8.16. The van der Waals surface area contributed by atoms with E-state index < -0.39 is 0 Å². The summed E-state index contributed by atoms with van der Waals surface area (Å²) >= 11 is 7.72. The molecule has 0 fully saturated rings. The van der Waals surface area contributed by atoms with Gasteiger partial charge in [-0.05, 0) is 25.0 Å². The molecule has 19 heavy (non-hydrogen) atoms. The van der Waals surface area contributed by atoms with E-state index in [0.29, 0.717) is 11.7 Å². The molecule has 2 aromatic rings. The minimum atomic E-state index is -0.157. The number of aromatic amines is 1. The lowest BCUT2D eigenvalue weighted by molar-refractivity contribution is 0.603. The summed E-state index contributed by atoms with van der Waals surface area (Å²) in [6.07, 6.45) is 0.896. The lowest BCUT2D eigenvalue weighted by atomic mass is 10.2. The number of benzene rings is 1. The summed E-state index contributed by atoms with van der Waals surface area (Å²) < 4.78 is 1.66. The summed E-state index contributed by atoms with van der Waals surface area (Å²) in [6, 6.07) is 7.74. The molecule has 1 heterocycles. The van der Waals surface area contributed by atoms with Crippen LogP contribution in [0, 0.1) is 0 Å². The molecule has 0 radical (unpaired) electrons. The van der Waals surface area contributed by atoms with Crippen molar-refractivity contribution < 1.29 is 0 Å². The number of halogens is 1. The van der Waals surface area contributed by atoms with E-state index in [4.69, 9.17) is 11.6 Å². The number of aromatic nitrogens is 3. The Bertz CT molecular complexity index is 608. The Balaban J connectivity index is 2.22. The van der Waals surface area contributed by atoms with Crippen LogP contribution >= 0.6 is 23.4 Å². The van der Waals surface area contributed by atoms with Gasteiger partial charge in [-0.1, -0.05) is 48.5 Å². The third-order valence-corrected chi connectivity index (χ3v) is 4.27. The summed E-state index contributed by atoms with van der Waals surface area (Å²) in [5.41, 5.74) is 0.892. The number of nitrogens with one attached hydrogen (secondary N) is 1. The van der Waals surface area contributed by atoms with E-state index in [1.54, 1.807) is 4.57 Å². The summed E-state index contributed by atoms with van der Waals surface area (Å²) in [7, 11) is 0. The van der Waals surface area contributed by atoms with Crippen molar-refractivity contribution in [2.75, 3.05) is 0 Å². The van der Waals surface area contributed by atoms with Gasteiger partial charge in [0, 0.05) is 16.8 Å². The Morgan fingerprint density at radius 2 is 2.21 bits per heavy atom. The Morgan fingerprint density at radius 1 is 1.47 bits per heavy atom. The van der Waals surface area contributed by atoms with Gasteiger partial charge in [0.05, 0.1) is 0 Å². The first-order valence-electron chi connectivity index (χ1n) is 6.19. The number of H-pyrrole nitrogens is 1. The highest BCUT2D eigenvalue weighted by Gasteiger charge is 2.15. The summed E-state index contributed by atoms with van der Waals surface area (Å²) in [5.74, 6) is 0. The van der Waals surface area contributed by atoms with Crippen LogP contribution in [0.1, 0.15) is 31.1 Å². The normalized spacial score (nSPS) is 12.6. The molecule has 6 heteroatoms. The van der Waals surface area contributed by atoms with Gasteiger partial charge >= 0.3 is 5.69 Å². The van der Waals surface area contributed by atoms with Crippen LogP contribution in [0.5, 0.6) is 0 Å². The van der Waals surface area contributed by atoms with E-state index in [1.165, 1.54) is 11.8 Å². The summed E-state index contributed by atoms with van der Waals surface area (Å²) in [6.45, 7) is 4.76. The van der Waals surface area contributed by atoms with Crippen LogP contribution in [0.3, 0.4) is 0 Å². The smallest absolute Gasteiger partial charge is 0.270 e. The van der Waals surface area contributed by atoms with Crippen molar-refractivity contribution in [3.63, 3.8) is 0 Å². The first-order chi connectivity index (χ1) is 9.13. The van der Waals surface area contributed by atoms with Crippen LogP contribution in [-0.2, 0) is 6.54 Å². The van der Waals surface area contributed by atoms with Gasteiger partial charge in [-0.2, -0.15) is 0 Å². The molecule has 1 N–H and O–H groups in total. The van der Waals surface area contributed by atoms with Crippen LogP contribution < -0.4 is 5.69 Å². The fraction of sp³-hybridized carbons (Fsp3) is 0.385. The van der Waals surface area contributed by atoms with Crippen molar-refractivity contribution in [2.24, 2.45) is 0 Å². The molecule has 0 unspecified atom stereocenters. The van der Waals surface area contributed by atoms with Gasteiger partial charge in [-0.25, -0.2) is 9.89 Å². The van der Waals surface area contributed by atoms with E-state index in [-0.39, 0.29) is 10.9 Å². The molecule has 0 aliphatic rings. The Hall–Kier alpha value is -1.20. The maximum atomic E-state index is 11.6. The third kappa shape index (κ3) is 3.22. The number of hydrogen-bond donors (Lipinski definition) is 1. The van der Waals surface area contributed by atoms with Gasteiger partial charge in [0.1, 0.15) is 0 Å². The largest absolute Gasteiger partial charge is 0.343 e. The maximum absolute atomic E-state index is 11.6. The fourth-order valence-corrected chi connectivity index (χ4v) is 3.25. The van der Waals surface area contributed by atoms with Crippen molar-refractivity contribution in [1.29, 1.82) is 0 Å². The van der Waals surface area contributed by atoms with Crippen molar-refractivity contribution in [2.45, 2.75) is 37.2 Å². The van der Waals surface area contributed by atoms with Crippen molar-refractivity contribution in [3.05, 3.63) is 45.3 Å². The highest BCUT2D eigenvalue weighted by Crippen LogP contribution is 2.36. The molecule has 4 nitrogen and oxygen atoms in total. The zero-order valence-corrected chi connectivity index (χ0v) is 12.5. The second-order valence-electron chi connectivity index (χ2n) is 4.24. The number of nitrogens with zero attached hydrogens (tertiary/aromatic N) is 2. The standard InChI is InChI=1S/C13H16ClN3OS/c1-3-8-17-12(18)15-16-13(17)19-9(2)10-6-4-5-7-11(10)14/h4-7,9H,3,8H2,1-2H3,(H,15,18)/t9-/m0/s1. The van der Waals surface area contributed by atoms with Crippen LogP contribution in [0.2, 0.25) is 5.02 Å². The van der Waals surface area contributed by atoms with Gasteiger partial charge in [-0.3, -0.25) is 4.57 Å². The van der Waals surface area contributed by atoms with Gasteiger partial charge < -0.3 is 0 Å².